The molecule has 1 aromatic rings. The number of hydrazine groups is 1. The predicted molar refractivity (Wildman–Crippen MR) is 75.7 cm³/mol. The topological polar surface area (TPSA) is 56.5 Å². The number of halogens is 1. The average Bonchev–Trinajstić information content (AvgIpc) is 2.67. The first-order valence-electron chi connectivity index (χ1n) is 6.94. The van der Waals surface area contributed by atoms with Gasteiger partial charge in [-0.15, -0.1) is 0 Å². The van der Waals surface area contributed by atoms with E-state index >= 15 is 0 Å². The number of nitrogens with two attached hydrogens (primary N) is 1. The molecule has 5 atom stereocenters. The Morgan fingerprint density at radius 1 is 1.30 bits per heavy atom. The normalized spacial score (nSPS) is 31.3. The minimum Gasteiger partial charge on any atom is -0.496 e. The highest BCUT2D eigenvalue weighted by atomic mass is 19.1. The highest BCUT2D eigenvalue weighted by Crippen LogP contribution is 2.42. The Bertz CT molecular complexity index is 469. The maximum Gasteiger partial charge on any atom is 0.123 e. The van der Waals surface area contributed by atoms with E-state index in [4.69, 9.17) is 15.3 Å². The molecule has 0 radical (unpaired) electrons. The molecule has 0 amide bonds. The first-order chi connectivity index (χ1) is 9.49. The monoisotopic (exact) mass is 282 g/mol. The van der Waals surface area contributed by atoms with Crippen LogP contribution < -0.4 is 16.0 Å². The number of ether oxygens (including phenoxy) is 2. The van der Waals surface area contributed by atoms with E-state index in [0.717, 1.165) is 5.56 Å². The number of nitrogens with one attached hydrogen (secondary N) is 1. The smallest absolute Gasteiger partial charge is 0.123 e. The quantitative estimate of drug-likeness (QED) is 0.657. The highest BCUT2D eigenvalue weighted by molar-refractivity contribution is 5.37. The molecule has 1 saturated heterocycles. The number of methoxy groups -OCH3 is 1. The summed E-state index contributed by atoms with van der Waals surface area (Å²) >= 11 is 0. The zero-order valence-corrected chi connectivity index (χ0v) is 12.4. The molecule has 4 nitrogen and oxygen atoms in total. The van der Waals surface area contributed by atoms with E-state index in [9.17, 15) is 4.39 Å². The van der Waals surface area contributed by atoms with Crippen molar-refractivity contribution in [3.05, 3.63) is 29.6 Å². The van der Waals surface area contributed by atoms with Gasteiger partial charge in [-0.1, -0.05) is 6.92 Å². The van der Waals surface area contributed by atoms with Crippen molar-refractivity contribution in [3.8, 4) is 5.75 Å². The van der Waals surface area contributed by atoms with Gasteiger partial charge in [0.05, 0.1) is 25.4 Å². The van der Waals surface area contributed by atoms with Gasteiger partial charge in [-0.25, -0.2) is 4.39 Å². The summed E-state index contributed by atoms with van der Waals surface area (Å²) in [6.45, 7) is 6.22. The van der Waals surface area contributed by atoms with Gasteiger partial charge in [0, 0.05) is 11.5 Å². The van der Waals surface area contributed by atoms with Crippen molar-refractivity contribution in [1.29, 1.82) is 0 Å². The van der Waals surface area contributed by atoms with Crippen molar-refractivity contribution in [3.63, 3.8) is 0 Å². The van der Waals surface area contributed by atoms with Gasteiger partial charge < -0.3 is 9.47 Å². The van der Waals surface area contributed by atoms with Gasteiger partial charge in [-0.05, 0) is 38.0 Å². The lowest BCUT2D eigenvalue weighted by Gasteiger charge is -2.29. The molecule has 0 bridgehead atoms. The highest BCUT2D eigenvalue weighted by Gasteiger charge is 2.42. The third kappa shape index (κ3) is 2.66. The fraction of sp³-hybridized carbons (Fsp3) is 0.600. The lowest BCUT2D eigenvalue weighted by atomic mass is 9.80. The van der Waals surface area contributed by atoms with Crippen molar-refractivity contribution in [2.75, 3.05) is 7.11 Å². The van der Waals surface area contributed by atoms with Crippen LogP contribution in [0.25, 0.3) is 0 Å². The molecule has 1 aromatic carbocycles. The molecule has 1 heterocycles. The molecule has 5 heteroatoms. The van der Waals surface area contributed by atoms with Crippen molar-refractivity contribution < 1.29 is 13.9 Å². The summed E-state index contributed by atoms with van der Waals surface area (Å²) in [5, 5.41) is 0. The molecular weight excluding hydrogens is 259 g/mol. The molecule has 1 aliphatic heterocycles. The molecule has 2 rings (SSSR count). The van der Waals surface area contributed by atoms with Crippen LogP contribution >= 0.6 is 0 Å². The Balaban J connectivity index is 2.40. The van der Waals surface area contributed by atoms with Crippen LogP contribution in [-0.2, 0) is 4.74 Å². The van der Waals surface area contributed by atoms with E-state index in [1.165, 1.54) is 12.1 Å². The summed E-state index contributed by atoms with van der Waals surface area (Å²) in [4.78, 5) is 0. The van der Waals surface area contributed by atoms with Crippen LogP contribution in [0, 0.1) is 17.7 Å². The maximum atomic E-state index is 13.6. The summed E-state index contributed by atoms with van der Waals surface area (Å²) in [6.07, 6.45) is 0.208. The second-order valence-electron chi connectivity index (χ2n) is 5.51. The molecule has 0 spiro atoms. The zero-order chi connectivity index (χ0) is 14.9. The van der Waals surface area contributed by atoms with E-state index in [1.54, 1.807) is 13.2 Å². The van der Waals surface area contributed by atoms with Crippen molar-refractivity contribution >= 4 is 0 Å². The summed E-state index contributed by atoms with van der Waals surface area (Å²) in [7, 11) is 1.57. The van der Waals surface area contributed by atoms with Crippen LogP contribution in [0.3, 0.4) is 0 Å². The first kappa shape index (κ1) is 15.2. The van der Waals surface area contributed by atoms with Gasteiger partial charge in [0.25, 0.3) is 0 Å². The Morgan fingerprint density at radius 2 is 2.00 bits per heavy atom. The Kier molecular flexibility index (Phi) is 4.62. The standard InChI is InChI=1S/C15H23FN2O2/c1-8-9(2)20-10(3)14(8)15(18-17)12-7-11(16)5-6-13(12)19-4/h5-10,14-15,18H,17H2,1-4H3. The zero-order valence-electron chi connectivity index (χ0n) is 12.4. The van der Waals surface area contributed by atoms with Crippen LogP contribution in [0.4, 0.5) is 4.39 Å². The van der Waals surface area contributed by atoms with Crippen LogP contribution in [0.15, 0.2) is 18.2 Å². The molecular formula is C15H23FN2O2. The largest absolute Gasteiger partial charge is 0.496 e. The lowest BCUT2D eigenvalue weighted by Crippen LogP contribution is -2.39. The second kappa shape index (κ2) is 6.08. The molecule has 3 N–H and O–H groups in total. The summed E-state index contributed by atoms with van der Waals surface area (Å²) in [6, 6.07) is 4.28. The maximum absolute atomic E-state index is 13.6. The van der Waals surface area contributed by atoms with E-state index in [-0.39, 0.29) is 30.0 Å². The first-order valence-corrected chi connectivity index (χ1v) is 6.94. The van der Waals surface area contributed by atoms with Gasteiger partial charge in [-0.2, -0.15) is 0 Å². The van der Waals surface area contributed by atoms with Gasteiger partial charge in [0.1, 0.15) is 11.6 Å². The summed E-state index contributed by atoms with van der Waals surface area (Å²) in [5.74, 6) is 6.56. The van der Waals surface area contributed by atoms with Crippen LogP contribution in [-0.4, -0.2) is 19.3 Å². The Hall–Kier alpha value is -1.17. The van der Waals surface area contributed by atoms with Crippen molar-refractivity contribution in [2.24, 2.45) is 17.7 Å². The van der Waals surface area contributed by atoms with E-state index in [0.29, 0.717) is 11.7 Å². The van der Waals surface area contributed by atoms with Crippen LogP contribution in [0.2, 0.25) is 0 Å². The fourth-order valence-corrected chi connectivity index (χ4v) is 3.22. The van der Waals surface area contributed by atoms with E-state index < -0.39 is 0 Å². The molecule has 112 valence electrons. The van der Waals surface area contributed by atoms with Crippen molar-refractivity contribution in [2.45, 2.75) is 39.0 Å². The second-order valence-corrected chi connectivity index (χ2v) is 5.51. The molecule has 5 unspecified atom stereocenters. The van der Waals surface area contributed by atoms with E-state index in [1.807, 2.05) is 6.92 Å². The third-order valence-electron chi connectivity index (χ3n) is 4.41. The predicted octanol–water partition coefficient (Wildman–Crippen LogP) is 2.40. The molecule has 1 fully saturated rings. The van der Waals surface area contributed by atoms with E-state index in [2.05, 4.69) is 19.3 Å². The Morgan fingerprint density at radius 3 is 2.50 bits per heavy atom. The van der Waals surface area contributed by atoms with Gasteiger partial charge in [0.2, 0.25) is 0 Å². The minimum absolute atomic E-state index is 0.0500. The average molecular weight is 282 g/mol. The fourth-order valence-electron chi connectivity index (χ4n) is 3.22. The van der Waals surface area contributed by atoms with Crippen LogP contribution in [0.5, 0.6) is 5.75 Å². The van der Waals surface area contributed by atoms with Gasteiger partial charge >= 0.3 is 0 Å². The molecule has 20 heavy (non-hydrogen) atoms. The van der Waals surface area contributed by atoms with Gasteiger partial charge in [-0.3, -0.25) is 11.3 Å². The molecule has 1 aliphatic rings. The third-order valence-corrected chi connectivity index (χ3v) is 4.41. The SMILES string of the molecule is COc1ccc(F)cc1C(NN)C1C(C)OC(C)C1C. The molecule has 0 saturated carbocycles. The Labute approximate surface area is 119 Å². The number of benzene rings is 1. The number of rotatable bonds is 4. The summed E-state index contributed by atoms with van der Waals surface area (Å²) < 4.78 is 24.8. The van der Waals surface area contributed by atoms with Crippen molar-refractivity contribution in [1.82, 2.24) is 5.43 Å². The molecule has 0 aliphatic carbocycles. The minimum atomic E-state index is -0.298. The number of hydrogen-bond donors (Lipinski definition) is 2. The lowest BCUT2D eigenvalue weighted by molar-refractivity contribution is 0.0474. The van der Waals surface area contributed by atoms with Gasteiger partial charge in [0.15, 0.2) is 0 Å². The van der Waals surface area contributed by atoms with Crippen LogP contribution in [0.1, 0.15) is 32.4 Å². The summed E-state index contributed by atoms with van der Waals surface area (Å²) in [5.41, 5.74) is 3.55. The number of hydrogen-bond acceptors (Lipinski definition) is 4. The molecule has 0 aromatic heterocycles.